The molecule has 5 rings (SSSR count). The van der Waals surface area contributed by atoms with Crippen LogP contribution in [0.4, 0.5) is 5.69 Å². The van der Waals surface area contributed by atoms with Crippen LogP contribution in [0, 0.1) is 5.92 Å². The molecule has 2 fully saturated rings. The molecule has 194 valence electrons. The molecular formula is C30H34N2O5. The first-order chi connectivity index (χ1) is 18.0. The number of aliphatic hydroxyl groups excluding tert-OH is 2. The highest BCUT2D eigenvalue weighted by Crippen LogP contribution is 2.42. The molecule has 2 aliphatic rings. The number of hydrogen-bond acceptors (Lipinski definition) is 6. The molecule has 7 nitrogen and oxygen atoms in total. The van der Waals surface area contributed by atoms with Gasteiger partial charge in [0.25, 0.3) is 5.91 Å². The van der Waals surface area contributed by atoms with Gasteiger partial charge in [-0.1, -0.05) is 61.5 Å². The first kappa shape index (κ1) is 25.6. The minimum Gasteiger partial charge on any atom is -0.392 e. The maximum atomic E-state index is 12.5. The Morgan fingerprint density at radius 1 is 0.973 bits per heavy atom. The Hall–Kier alpha value is -3.07. The summed E-state index contributed by atoms with van der Waals surface area (Å²) in [5.41, 5.74) is 4.06. The number of carbonyl (C=O) groups is 1. The fourth-order valence-corrected chi connectivity index (χ4v) is 5.08. The van der Waals surface area contributed by atoms with Crippen LogP contribution in [-0.4, -0.2) is 52.9 Å². The number of carbonyl (C=O) groups excluding carboxylic acids is 1. The van der Waals surface area contributed by atoms with E-state index in [1.54, 1.807) is 12.1 Å². The fourth-order valence-electron chi connectivity index (χ4n) is 5.08. The molecule has 37 heavy (non-hydrogen) atoms. The third kappa shape index (κ3) is 6.09. The zero-order valence-corrected chi connectivity index (χ0v) is 21.0. The van der Waals surface area contributed by atoms with Crippen LogP contribution in [0.15, 0.2) is 78.9 Å². The number of hydrogen-bond donors (Lipinski definition) is 3. The Labute approximate surface area is 217 Å². The highest BCUT2D eigenvalue weighted by atomic mass is 16.7. The predicted molar refractivity (Wildman–Crippen MR) is 141 cm³/mol. The lowest BCUT2D eigenvalue weighted by molar-refractivity contribution is -0.276. The Bertz CT molecular complexity index is 1170. The zero-order chi connectivity index (χ0) is 25.8. The van der Waals surface area contributed by atoms with E-state index in [0.29, 0.717) is 24.3 Å². The Morgan fingerprint density at radius 2 is 1.68 bits per heavy atom. The van der Waals surface area contributed by atoms with Gasteiger partial charge in [-0.05, 0) is 41.8 Å². The molecule has 0 unspecified atom stereocenters. The van der Waals surface area contributed by atoms with Crippen molar-refractivity contribution < 1.29 is 24.5 Å². The quantitative estimate of drug-likeness (QED) is 0.447. The molecule has 5 atom stereocenters. The molecule has 0 bridgehead atoms. The maximum absolute atomic E-state index is 12.5. The number of rotatable bonds is 7. The van der Waals surface area contributed by atoms with E-state index in [0.717, 1.165) is 29.7 Å². The van der Waals surface area contributed by atoms with Gasteiger partial charge in [-0.25, -0.2) is 0 Å². The van der Waals surface area contributed by atoms with Gasteiger partial charge in [-0.15, -0.1) is 0 Å². The number of likely N-dealkylation sites (tertiary alicyclic amines) is 1. The van der Waals surface area contributed by atoms with Crippen LogP contribution in [-0.2, 0) is 16.1 Å². The monoisotopic (exact) mass is 502 g/mol. The molecule has 2 aliphatic heterocycles. The average molecular weight is 503 g/mol. The van der Waals surface area contributed by atoms with E-state index in [1.807, 2.05) is 66.7 Å². The Balaban J connectivity index is 1.34. The van der Waals surface area contributed by atoms with Gasteiger partial charge in [-0.2, -0.15) is 0 Å². The number of β-amino-alcohol motifs (C(OH)–C–C–N with tert-alkyl or cyclic N) is 1. The number of ether oxygens (including phenoxy) is 2. The van der Waals surface area contributed by atoms with Crippen LogP contribution >= 0.6 is 0 Å². The number of nitrogens with one attached hydrogen (secondary N) is 1. The summed E-state index contributed by atoms with van der Waals surface area (Å²) in [6.45, 7) is 4.36. The minimum absolute atomic E-state index is 0.000163. The molecule has 1 amide bonds. The van der Waals surface area contributed by atoms with Crippen molar-refractivity contribution >= 4 is 11.6 Å². The van der Waals surface area contributed by atoms with Gasteiger partial charge >= 0.3 is 0 Å². The Kier molecular flexibility index (Phi) is 7.98. The second-order valence-electron chi connectivity index (χ2n) is 9.97. The van der Waals surface area contributed by atoms with Crippen molar-refractivity contribution in [2.75, 3.05) is 25.0 Å². The van der Waals surface area contributed by atoms with Crippen molar-refractivity contribution in [1.82, 2.24) is 4.90 Å². The standard InChI is InChI=1S/C30H34N2O5/c1-20-27(18-32-16-15-26(34)17-32)36-30(37-28(20)22-9-7-21(19-33)8-10-22)24-11-13-25(14-12-24)31-29(35)23-5-3-2-4-6-23/h2-14,20,26-28,30,33-34H,15-19H2,1H3,(H,31,35)/t20-,26-,27+,28+,30+/m0/s1. The fraction of sp³-hybridized carbons (Fsp3) is 0.367. The van der Waals surface area contributed by atoms with Crippen molar-refractivity contribution in [3.05, 3.63) is 101 Å². The number of aliphatic hydroxyl groups is 2. The molecule has 0 aliphatic carbocycles. The summed E-state index contributed by atoms with van der Waals surface area (Å²) in [7, 11) is 0. The predicted octanol–water partition coefficient (Wildman–Crippen LogP) is 4.29. The molecule has 0 radical (unpaired) electrons. The summed E-state index contributed by atoms with van der Waals surface area (Å²) >= 11 is 0. The van der Waals surface area contributed by atoms with Gasteiger partial charge in [0.05, 0.1) is 24.9 Å². The largest absolute Gasteiger partial charge is 0.392 e. The van der Waals surface area contributed by atoms with E-state index in [1.165, 1.54) is 0 Å². The lowest BCUT2D eigenvalue weighted by atomic mass is 9.90. The molecular weight excluding hydrogens is 468 g/mol. The lowest BCUT2D eigenvalue weighted by Crippen LogP contribution is -2.44. The van der Waals surface area contributed by atoms with Gasteiger partial charge in [0.15, 0.2) is 6.29 Å². The molecule has 0 saturated carbocycles. The van der Waals surface area contributed by atoms with Crippen molar-refractivity contribution in [2.45, 2.75) is 44.6 Å². The van der Waals surface area contributed by atoms with Crippen LogP contribution < -0.4 is 5.32 Å². The molecule has 0 spiro atoms. The van der Waals surface area contributed by atoms with E-state index >= 15 is 0 Å². The molecule has 3 aromatic rings. The van der Waals surface area contributed by atoms with E-state index in [-0.39, 0.29) is 36.7 Å². The SMILES string of the molecule is C[C@H]1[C@@H](CN2CC[C@H](O)C2)O[C@@H](c2ccc(NC(=O)c3ccccc3)cc2)O[C@H]1c1ccc(CO)cc1. The lowest BCUT2D eigenvalue weighted by Gasteiger charge is -2.42. The van der Waals surface area contributed by atoms with E-state index in [2.05, 4.69) is 17.1 Å². The van der Waals surface area contributed by atoms with Crippen molar-refractivity contribution in [3.63, 3.8) is 0 Å². The van der Waals surface area contributed by atoms with E-state index in [4.69, 9.17) is 9.47 Å². The normalized spacial score (nSPS) is 26.2. The number of benzene rings is 3. The van der Waals surface area contributed by atoms with Gasteiger partial charge in [0.1, 0.15) is 0 Å². The van der Waals surface area contributed by atoms with Crippen LogP contribution in [0.1, 0.15) is 52.8 Å². The minimum atomic E-state index is -0.574. The molecule has 2 heterocycles. The second-order valence-corrected chi connectivity index (χ2v) is 9.97. The molecule has 3 N–H and O–H groups in total. The number of anilines is 1. The van der Waals surface area contributed by atoms with Crippen LogP contribution in [0.2, 0.25) is 0 Å². The molecule has 7 heteroatoms. The topological polar surface area (TPSA) is 91.3 Å². The molecule has 2 saturated heterocycles. The summed E-state index contributed by atoms with van der Waals surface area (Å²) in [6, 6.07) is 24.5. The van der Waals surface area contributed by atoms with Gasteiger partial charge in [0.2, 0.25) is 0 Å². The average Bonchev–Trinajstić information content (AvgIpc) is 3.35. The van der Waals surface area contributed by atoms with Gasteiger partial charge in [0, 0.05) is 42.4 Å². The van der Waals surface area contributed by atoms with E-state index < -0.39 is 6.29 Å². The highest BCUT2D eigenvalue weighted by molar-refractivity contribution is 6.04. The zero-order valence-electron chi connectivity index (χ0n) is 21.0. The smallest absolute Gasteiger partial charge is 0.255 e. The summed E-state index contributed by atoms with van der Waals surface area (Å²) < 4.78 is 13.0. The number of nitrogens with zero attached hydrogens (tertiary/aromatic N) is 1. The van der Waals surface area contributed by atoms with Crippen molar-refractivity contribution in [3.8, 4) is 0 Å². The third-order valence-corrected chi connectivity index (χ3v) is 7.29. The van der Waals surface area contributed by atoms with Crippen LogP contribution in [0.3, 0.4) is 0 Å². The first-order valence-electron chi connectivity index (χ1n) is 12.9. The Morgan fingerprint density at radius 3 is 2.32 bits per heavy atom. The summed E-state index contributed by atoms with van der Waals surface area (Å²) in [5.74, 6) is -0.0787. The van der Waals surface area contributed by atoms with Gasteiger partial charge < -0.3 is 25.0 Å². The van der Waals surface area contributed by atoms with Crippen molar-refractivity contribution in [1.29, 1.82) is 0 Å². The van der Waals surface area contributed by atoms with Gasteiger partial charge in [-0.3, -0.25) is 9.69 Å². The summed E-state index contributed by atoms with van der Waals surface area (Å²) in [4.78, 5) is 14.8. The summed E-state index contributed by atoms with van der Waals surface area (Å²) in [6.07, 6.45) is -0.365. The van der Waals surface area contributed by atoms with E-state index in [9.17, 15) is 15.0 Å². The third-order valence-electron chi connectivity index (χ3n) is 7.29. The van der Waals surface area contributed by atoms with Crippen molar-refractivity contribution in [2.24, 2.45) is 5.92 Å². The number of amides is 1. The van der Waals surface area contributed by atoms with Crippen LogP contribution in [0.25, 0.3) is 0 Å². The maximum Gasteiger partial charge on any atom is 0.255 e. The molecule has 0 aromatic heterocycles. The summed E-state index contributed by atoms with van der Waals surface area (Å²) in [5, 5.41) is 22.4. The highest BCUT2D eigenvalue weighted by Gasteiger charge is 2.39. The molecule has 3 aromatic carbocycles. The second kappa shape index (κ2) is 11.5. The van der Waals surface area contributed by atoms with Crippen LogP contribution in [0.5, 0.6) is 0 Å². The first-order valence-corrected chi connectivity index (χ1v) is 12.9.